The number of carbonyl (C=O) groups excluding carboxylic acids is 2. The van der Waals surface area contributed by atoms with Crippen molar-refractivity contribution < 1.29 is 9.59 Å². The zero-order valence-corrected chi connectivity index (χ0v) is 17.8. The molecule has 156 valence electrons. The molecule has 1 aliphatic carbocycles. The van der Waals surface area contributed by atoms with E-state index in [0.29, 0.717) is 29.1 Å². The molecule has 1 atom stereocenters. The fourth-order valence-corrected chi connectivity index (χ4v) is 3.20. The highest BCUT2D eigenvalue weighted by Crippen LogP contribution is 2.31. The summed E-state index contributed by atoms with van der Waals surface area (Å²) in [5.41, 5.74) is 3.13. The van der Waals surface area contributed by atoms with Crippen LogP contribution in [0.5, 0.6) is 0 Å². The number of likely N-dealkylation sites (N-methyl/N-ethyl adjacent to an activating group) is 1. The van der Waals surface area contributed by atoms with Gasteiger partial charge in [-0.3, -0.25) is 19.6 Å². The van der Waals surface area contributed by atoms with E-state index in [0.717, 1.165) is 18.4 Å². The molecule has 0 spiro atoms. The van der Waals surface area contributed by atoms with E-state index in [1.165, 1.54) is 0 Å². The zero-order valence-electron chi connectivity index (χ0n) is 17.8. The summed E-state index contributed by atoms with van der Waals surface area (Å²) in [6.07, 6.45) is 5.57. The van der Waals surface area contributed by atoms with Gasteiger partial charge in [-0.05, 0) is 30.9 Å². The molecule has 1 fully saturated rings. The second kappa shape index (κ2) is 9.04. The first-order valence-corrected chi connectivity index (χ1v) is 10.2. The number of aromatic nitrogens is 2. The van der Waals surface area contributed by atoms with Crippen molar-refractivity contribution in [3.63, 3.8) is 0 Å². The first-order valence-electron chi connectivity index (χ1n) is 10.2. The number of hydrogen-bond donors (Lipinski definition) is 1. The summed E-state index contributed by atoms with van der Waals surface area (Å²) in [7, 11) is 3.43. The average Bonchev–Trinajstić information content (AvgIpc) is 3.57. The maximum absolute atomic E-state index is 12.6. The Labute approximate surface area is 177 Å². The summed E-state index contributed by atoms with van der Waals surface area (Å²) in [6.45, 7) is 3.92. The monoisotopic (exact) mass is 405 g/mol. The molecule has 1 amide bonds. The fourth-order valence-electron chi connectivity index (χ4n) is 3.20. The predicted octanol–water partition coefficient (Wildman–Crippen LogP) is 3.06. The van der Waals surface area contributed by atoms with Gasteiger partial charge in [0.05, 0.1) is 35.3 Å². The van der Waals surface area contributed by atoms with Crippen molar-refractivity contribution in [3.8, 4) is 17.3 Å². The molecule has 1 aliphatic rings. The van der Waals surface area contributed by atoms with Crippen molar-refractivity contribution in [2.45, 2.75) is 39.2 Å². The number of nitrogens with zero attached hydrogens (tertiary/aromatic N) is 4. The molecule has 3 rings (SSSR count). The van der Waals surface area contributed by atoms with Crippen LogP contribution < -0.4 is 5.32 Å². The van der Waals surface area contributed by atoms with E-state index in [1.807, 2.05) is 19.9 Å². The number of Topliss-reactive ketones (excluding diaryl/α,β-unsaturated/α-hetero) is 1. The van der Waals surface area contributed by atoms with Crippen molar-refractivity contribution >= 4 is 17.4 Å². The van der Waals surface area contributed by atoms with Gasteiger partial charge in [-0.2, -0.15) is 5.26 Å². The summed E-state index contributed by atoms with van der Waals surface area (Å²) in [5.74, 6) is 0.423. The number of ketones is 1. The summed E-state index contributed by atoms with van der Waals surface area (Å²) < 4.78 is 0. The molecule has 0 saturated heterocycles. The van der Waals surface area contributed by atoms with Crippen LogP contribution in [0.3, 0.4) is 0 Å². The Morgan fingerprint density at radius 1 is 1.23 bits per heavy atom. The molecule has 0 aliphatic heterocycles. The third kappa shape index (κ3) is 5.01. The molecule has 1 heterocycles. The quantitative estimate of drug-likeness (QED) is 0.725. The fraction of sp³-hybridized carbons (Fsp3) is 0.435. The maximum Gasteiger partial charge on any atom is 0.244 e. The van der Waals surface area contributed by atoms with Crippen molar-refractivity contribution in [1.82, 2.24) is 14.9 Å². The lowest BCUT2D eigenvalue weighted by atomic mass is 10.0. The normalized spacial score (nSPS) is 14.1. The van der Waals surface area contributed by atoms with E-state index in [4.69, 9.17) is 0 Å². The van der Waals surface area contributed by atoms with E-state index in [2.05, 4.69) is 21.4 Å². The molecule has 7 heteroatoms. The highest BCUT2D eigenvalue weighted by atomic mass is 16.2. The van der Waals surface area contributed by atoms with Gasteiger partial charge in [0.15, 0.2) is 0 Å². The van der Waals surface area contributed by atoms with Gasteiger partial charge in [0.25, 0.3) is 0 Å². The Morgan fingerprint density at radius 3 is 2.50 bits per heavy atom. The molecule has 1 aromatic heterocycles. The van der Waals surface area contributed by atoms with E-state index >= 15 is 0 Å². The number of benzene rings is 1. The first kappa shape index (κ1) is 21.4. The SMILES string of the molecule is CC(C)C(Nc1cc(-c2cnc(CC(=O)C3CC3)cn2)ccc1C#N)C(=O)N(C)C. The number of rotatable bonds is 8. The highest BCUT2D eigenvalue weighted by molar-refractivity contribution is 5.86. The summed E-state index contributed by atoms with van der Waals surface area (Å²) in [5, 5.41) is 12.7. The van der Waals surface area contributed by atoms with Crippen LogP contribution in [0, 0.1) is 23.2 Å². The molecule has 1 N–H and O–H groups in total. The van der Waals surface area contributed by atoms with E-state index in [-0.39, 0.29) is 23.5 Å². The van der Waals surface area contributed by atoms with Gasteiger partial charge in [0.2, 0.25) is 5.91 Å². The van der Waals surface area contributed by atoms with Crippen LogP contribution in [0.1, 0.15) is 37.9 Å². The zero-order chi connectivity index (χ0) is 21.8. The molecule has 1 unspecified atom stereocenters. The topological polar surface area (TPSA) is 99.0 Å². The molecule has 7 nitrogen and oxygen atoms in total. The Hall–Kier alpha value is -3.27. The summed E-state index contributed by atoms with van der Waals surface area (Å²) in [4.78, 5) is 34.9. The van der Waals surface area contributed by atoms with Crippen LogP contribution in [0.4, 0.5) is 5.69 Å². The number of hydrogen-bond acceptors (Lipinski definition) is 6. The van der Waals surface area contributed by atoms with Gasteiger partial charge in [0, 0.05) is 31.8 Å². The molecule has 30 heavy (non-hydrogen) atoms. The lowest BCUT2D eigenvalue weighted by Gasteiger charge is -2.26. The van der Waals surface area contributed by atoms with Gasteiger partial charge in [0.1, 0.15) is 17.9 Å². The first-order chi connectivity index (χ1) is 14.3. The molecular weight excluding hydrogens is 378 g/mol. The standard InChI is InChI=1S/C23H27N5O2/c1-14(2)22(23(30)28(3)4)27-19-9-16(7-8-17(19)11-24)20-13-25-18(12-26-20)10-21(29)15-5-6-15/h7-9,12-15,22,27H,5-6,10H2,1-4H3. The van der Waals surface area contributed by atoms with Crippen LogP contribution >= 0.6 is 0 Å². The van der Waals surface area contributed by atoms with Crippen LogP contribution in [-0.2, 0) is 16.0 Å². The minimum atomic E-state index is -0.454. The number of nitrogens with one attached hydrogen (secondary N) is 1. The number of nitriles is 1. The minimum absolute atomic E-state index is 0.0400. The Bertz CT molecular complexity index is 972. The molecule has 0 radical (unpaired) electrons. The largest absolute Gasteiger partial charge is 0.372 e. The van der Waals surface area contributed by atoms with Crippen LogP contribution in [-0.4, -0.2) is 46.7 Å². The smallest absolute Gasteiger partial charge is 0.244 e. The number of amides is 1. The summed E-state index contributed by atoms with van der Waals surface area (Å²) in [6, 6.07) is 7.05. The minimum Gasteiger partial charge on any atom is -0.372 e. The van der Waals surface area contributed by atoms with Crippen LogP contribution in [0.15, 0.2) is 30.6 Å². The Kier molecular flexibility index (Phi) is 6.46. The molecule has 1 aromatic carbocycles. The van der Waals surface area contributed by atoms with Gasteiger partial charge in [-0.15, -0.1) is 0 Å². The van der Waals surface area contributed by atoms with E-state index in [1.54, 1.807) is 43.5 Å². The van der Waals surface area contributed by atoms with Crippen LogP contribution in [0.2, 0.25) is 0 Å². The number of carbonyl (C=O) groups is 2. The molecule has 2 aromatic rings. The lowest BCUT2D eigenvalue weighted by molar-refractivity contribution is -0.130. The predicted molar refractivity (Wildman–Crippen MR) is 115 cm³/mol. The van der Waals surface area contributed by atoms with Crippen molar-refractivity contribution in [2.75, 3.05) is 19.4 Å². The lowest BCUT2D eigenvalue weighted by Crippen LogP contribution is -2.42. The molecule has 1 saturated carbocycles. The summed E-state index contributed by atoms with van der Waals surface area (Å²) >= 11 is 0. The van der Waals surface area contributed by atoms with E-state index < -0.39 is 6.04 Å². The second-order valence-electron chi connectivity index (χ2n) is 8.28. The Balaban J connectivity index is 1.83. The van der Waals surface area contributed by atoms with E-state index in [9.17, 15) is 14.9 Å². The third-order valence-electron chi connectivity index (χ3n) is 5.21. The van der Waals surface area contributed by atoms with Crippen molar-refractivity contribution in [2.24, 2.45) is 11.8 Å². The number of anilines is 1. The van der Waals surface area contributed by atoms with Crippen LogP contribution in [0.25, 0.3) is 11.3 Å². The molecule has 0 bridgehead atoms. The van der Waals surface area contributed by atoms with Crippen molar-refractivity contribution in [1.29, 1.82) is 5.26 Å². The maximum atomic E-state index is 12.6. The second-order valence-corrected chi connectivity index (χ2v) is 8.28. The van der Waals surface area contributed by atoms with Crippen molar-refractivity contribution in [3.05, 3.63) is 41.9 Å². The third-order valence-corrected chi connectivity index (χ3v) is 5.21. The molecular formula is C23H27N5O2. The van der Waals surface area contributed by atoms with Gasteiger partial charge >= 0.3 is 0 Å². The van der Waals surface area contributed by atoms with Gasteiger partial charge < -0.3 is 10.2 Å². The average molecular weight is 406 g/mol. The van der Waals surface area contributed by atoms with Gasteiger partial charge in [-0.25, -0.2) is 0 Å². The Morgan fingerprint density at radius 2 is 1.97 bits per heavy atom. The van der Waals surface area contributed by atoms with Gasteiger partial charge in [-0.1, -0.05) is 19.9 Å². The highest BCUT2D eigenvalue weighted by Gasteiger charge is 2.29.